The number of anilines is 3. The molecule has 4 heterocycles. The maximum Gasteiger partial charge on any atom is 0.418 e. The summed E-state index contributed by atoms with van der Waals surface area (Å²) in [4.78, 5) is 25.9. The summed E-state index contributed by atoms with van der Waals surface area (Å²) in [7, 11) is 0. The van der Waals surface area contributed by atoms with Gasteiger partial charge in [0.1, 0.15) is 17.2 Å². The molecule has 1 saturated heterocycles. The zero-order valence-corrected chi connectivity index (χ0v) is 18.4. The predicted octanol–water partition coefficient (Wildman–Crippen LogP) is 3.56. The smallest absolute Gasteiger partial charge is 0.418 e. The Morgan fingerprint density at radius 1 is 1.21 bits per heavy atom. The summed E-state index contributed by atoms with van der Waals surface area (Å²) in [6.45, 7) is 4.65. The first-order valence-corrected chi connectivity index (χ1v) is 11.0. The van der Waals surface area contributed by atoms with Crippen molar-refractivity contribution in [2.24, 2.45) is 0 Å². The van der Waals surface area contributed by atoms with Gasteiger partial charge in [-0.3, -0.25) is 4.79 Å². The standard InChI is InChI=1S/C22H23F3N6O3/c1-2-26-18-16-14(22(23,24)25)11-27-19(16)30-21(29-18)28-15-4-3-13(12-5-8-34-17(12)15)20(32)31-6-9-33-10-7-31/h3-4,11H,2,5-10H2,1H3,(H3,26,27,28,29,30). The van der Waals surface area contributed by atoms with Crippen LogP contribution >= 0.6 is 0 Å². The minimum atomic E-state index is -4.54. The molecule has 34 heavy (non-hydrogen) atoms. The Morgan fingerprint density at radius 2 is 2.00 bits per heavy atom. The number of morpholine rings is 1. The highest BCUT2D eigenvalue weighted by molar-refractivity contribution is 5.98. The van der Waals surface area contributed by atoms with Gasteiger partial charge >= 0.3 is 6.18 Å². The third-order valence-corrected chi connectivity index (χ3v) is 5.82. The maximum absolute atomic E-state index is 13.4. The number of H-pyrrole nitrogens is 1. The summed E-state index contributed by atoms with van der Waals surface area (Å²) in [5.74, 6) is 0.620. The summed E-state index contributed by atoms with van der Waals surface area (Å²) in [6.07, 6.45) is -3.08. The van der Waals surface area contributed by atoms with Crippen LogP contribution in [0.2, 0.25) is 0 Å². The summed E-state index contributed by atoms with van der Waals surface area (Å²) in [5, 5.41) is 5.82. The van der Waals surface area contributed by atoms with E-state index in [1.807, 2.05) is 0 Å². The van der Waals surface area contributed by atoms with Crippen molar-refractivity contribution in [2.75, 3.05) is 50.1 Å². The van der Waals surface area contributed by atoms with Gasteiger partial charge in [0.15, 0.2) is 0 Å². The molecule has 0 radical (unpaired) electrons. The highest BCUT2D eigenvalue weighted by Gasteiger charge is 2.36. The van der Waals surface area contributed by atoms with Crippen molar-refractivity contribution in [3.63, 3.8) is 0 Å². The fourth-order valence-electron chi connectivity index (χ4n) is 4.26. The number of halogens is 3. The third kappa shape index (κ3) is 3.98. The van der Waals surface area contributed by atoms with Gasteiger partial charge in [0.05, 0.1) is 36.5 Å². The molecule has 0 saturated carbocycles. The number of aromatic nitrogens is 3. The molecular weight excluding hydrogens is 453 g/mol. The van der Waals surface area contributed by atoms with E-state index >= 15 is 0 Å². The molecule has 1 aromatic carbocycles. The molecule has 180 valence electrons. The Kier molecular flexibility index (Phi) is 5.68. The number of benzene rings is 1. The number of nitrogens with one attached hydrogen (secondary N) is 3. The fraction of sp³-hybridized carbons (Fsp3) is 0.409. The number of nitrogens with zero attached hydrogens (tertiary/aromatic N) is 3. The lowest BCUT2D eigenvalue weighted by Gasteiger charge is -2.27. The van der Waals surface area contributed by atoms with Gasteiger partial charge in [-0.1, -0.05) is 0 Å². The van der Waals surface area contributed by atoms with E-state index in [0.717, 1.165) is 11.8 Å². The predicted molar refractivity (Wildman–Crippen MR) is 119 cm³/mol. The van der Waals surface area contributed by atoms with Gasteiger partial charge in [0.25, 0.3) is 5.91 Å². The SMILES string of the molecule is CCNc1nc(Nc2ccc(C(=O)N3CCOCC3)c3c2OCC3)nc2[nH]cc(C(F)(F)F)c12. The monoisotopic (exact) mass is 476 g/mol. The molecule has 9 nitrogen and oxygen atoms in total. The van der Waals surface area contributed by atoms with Gasteiger partial charge in [0, 0.05) is 43.4 Å². The molecule has 2 aliphatic heterocycles. The van der Waals surface area contributed by atoms with Crippen molar-refractivity contribution in [1.82, 2.24) is 19.9 Å². The van der Waals surface area contributed by atoms with E-state index in [4.69, 9.17) is 9.47 Å². The van der Waals surface area contributed by atoms with Crippen molar-refractivity contribution < 1.29 is 27.4 Å². The van der Waals surface area contributed by atoms with Crippen LogP contribution in [0.4, 0.5) is 30.6 Å². The second-order valence-electron chi connectivity index (χ2n) is 7.95. The van der Waals surface area contributed by atoms with Crippen LogP contribution < -0.4 is 15.4 Å². The van der Waals surface area contributed by atoms with E-state index in [1.54, 1.807) is 24.0 Å². The molecule has 0 atom stereocenters. The molecule has 0 aliphatic carbocycles. The van der Waals surface area contributed by atoms with E-state index in [2.05, 4.69) is 25.6 Å². The zero-order chi connectivity index (χ0) is 23.9. The largest absolute Gasteiger partial charge is 0.491 e. The number of amides is 1. The molecule has 1 fully saturated rings. The molecule has 5 rings (SSSR count). The van der Waals surface area contributed by atoms with Crippen molar-refractivity contribution >= 4 is 34.4 Å². The third-order valence-electron chi connectivity index (χ3n) is 5.82. The van der Waals surface area contributed by atoms with Gasteiger partial charge in [-0.25, -0.2) is 0 Å². The van der Waals surface area contributed by atoms with Crippen LogP contribution in [0.25, 0.3) is 11.0 Å². The number of aromatic amines is 1. The lowest BCUT2D eigenvalue weighted by molar-refractivity contribution is -0.136. The molecule has 0 spiro atoms. The van der Waals surface area contributed by atoms with E-state index in [9.17, 15) is 18.0 Å². The van der Waals surface area contributed by atoms with Crippen LogP contribution in [-0.4, -0.2) is 65.2 Å². The first-order valence-electron chi connectivity index (χ1n) is 11.0. The van der Waals surface area contributed by atoms with Crippen LogP contribution in [0.15, 0.2) is 18.3 Å². The topological polar surface area (TPSA) is 104 Å². The summed E-state index contributed by atoms with van der Waals surface area (Å²) in [5.41, 5.74) is 1.12. The molecule has 0 unspecified atom stereocenters. The molecule has 1 amide bonds. The molecule has 3 aromatic rings. The van der Waals surface area contributed by atoms with Crippen molar-refractivity contribution in [3.8, 4) is 5.75 Å². The number of hydrogen-bond donors (Lipinski definition) is 3. The van der Waals surface area contributed by atoms with Crippen LogP contribution in [-0.2, 0) is 17.3 Å². The number of ether oxygens (including phenoxy) is 2. The van der Waals surface area contributed by atoms with Gasteiger partial charge in [-0.2, -0.15) is 23.1 Å². The second-order valence-corrected chi connectivity index (χ2v) is 7.95. The van der Waals surface area contributed by atoms with Gasteiger partial charge in [-0.05, 0) is 19.1 Å². The van der Waals surface area contributed by atoms with Gasteiger partial charge < -0.3 is 30.0 Å². The Balaban J connectivity index is 1.49. The molecule has 2 aromatic heterocycles. The van der Waals surface area contributed by atoms with E-state index in [-0.39, 0.29) is 28.7 Å². The first-order chi connectivity index (χ1) is 16.4. The highest BCUT2D eigenvalue weighted by Crippen LogP contribution is 2.40. The normalized spacial score (nSPS) is 15.8. The lowest BCUT2D eigenvalue weighted by atomic mass is 10.0. The van der Waals surface area contributed by atoms with Gasteiger partial charge in [0.2, 0.25) is 5.95 Å². The minimum Gasteiger partial charge on any atom is -0.491 e. The lowest BCUT2D eigenvalue weighted by Crippen LogP contribution is -2.41. The fourth-order valence-corrected chi connectivity index (χ4v) is 4.26. The summed E-state index contributed by atoms with van der Waals surface area (Å²) in [6, 6.07) is 3.43. The van der Waals surface area contributed by atoms with Crippen LogP contribution in [0.5, 0.6) is 5.75 Å². The Bertz CT molecular complexity index is 1240. The van der Waals surface area contributed by atoms with Gasteiger partial charge in [-0.15, -0.1) is 0 Å². The molecule has 2 aliphatic rings. The average molecular weight is 476 g/mol. The Labute approximate surface area is 192 Å². The van der Waals surface area contributed by atoms with Crippen molar-refractivity contribution in [2.45, 2.75) is 19.5 Å². The van der Waals surface area contributed by atoms with Crippen molar-refractivity contribution in [1.29, 1.82) is 0 Å². The van der Waals surface area contributed by atoms with E-state index in [1.165, 1.54) is 0 Å². The van der Waals surface area contributed by atoms with E-state index < -0.39 is 11.7 Å². The minimum absolute atomic E-state index is 0.0532. The van der Waals surface area contributed by atoms with Crippen LogP contribution in [0.3, 0.4) is 0 Å². The number of carbonyl (C=O) groups is 1. The van der Waals surface area contributed by atoms with Crippen LogP contribution in [0, 0.1) is 0 Å². The number of rotatable bonds is 5. The number of alkyl halides is 3. The van der Waals surface area contributed by atoms with Crippen molar-refractivity contribution in [3.05, 3.63) is 35.0 Å². The molecular formula is C22H23F3N6O3. The summed E-state index contributed by atoms with van der Waals surface area (Å²) < 4.78 is 51.4. The number of hydrogen-bond acceptors (Lipinski definition) is 7. The maximum atomic E-state index is 13.4. The summed E-state index contributed by atoms with van der Waals surface area (Å²) >= 11 is 0. The highest BCUT2D eigenvalue weighted by atomic mass is 19.4. The van der Waals surface area contributed by atoms with Crippen LogP contribution in [0.1, 0.15) is 28.4 Å². The quantitative estimate of drug-likeness (QED) is 0.517. The second kappa shape index (κ2) is 8.67. The molecule has 12 heteroatoms. The zero-order valence-electron chi connectivity index (χ0n) is 18.4. The molecule has 3 N–H and O–H groups in total. The first kappa shape index (κ1) is 22.3. The molecule has 0 bridgehead atoms. The van der Waals surface area contributed by atoms with E-state index in [0.29, 0.717) is 62.9 Å². The Hall–Kier alpha value is -3.54. The number of carbonyl (C=O) groups excluding carboxylic acids is 1. The number of fused-ring (bicyclic) bond motifs is 2. The Morgan fingerprint density at radius 3 is 2.74 bits per heavy atom. The average Bonchev–Trinajstić information content (AvgIpc) is 3.47.